The Morgan fingerprint density at radius 1 is 1.35 bits per heavy atom. The summed E-state index contributed by atoms with van der Waals surface area (Å²) in [5, 5.41) is 3.24. The van der Waals surface area contributed by atoms with Crippen LogP contribution in [0.4, 0.5) is 5.69 Å². The summed E-state index contributed by atoms with van der Waals surface area (Å²) in [6.45, 7) is 5.79. The fourth-order valence-corrected chi connectivity index (χ4v) is 4.08. The highest BCUT2D eigenvalue weighted by molar-refractivity contribution is 7.89. The van der Waals surface area contributed by atoms with Gasteiger partial charge in [0.15, 0.2) is 0 Å². The molecule has 5 heteroatoms. The van der Waals surface area contributed by atoms with Crippen molar-refractivity contribution in [3.05, 3.63) is 23.8 Å². The van der Waals surface area contributed by atoms with E-state index in [0.717, 1.165) is 37.1 Å². The van der Waals surface area contributed by atoms with E-state index in [1.807, 2.05) is 6.07 Å². The van der Waals surface area contributed by atoms with E-state index in [2.05, 4.69) is 23.9 Å². The first-order chi connectivity index (χ1) is 9.43. The number of rotatable bonds is 5. The van der Waals surface area contributed by atoms with Crippen LogP contribution in [-0.4, -0.2) is 21.5 Å². The van der Waals surface area contributed by atoms with E-state index in [1.54, 1.807) is 12.1 Å². The van der Waals surface area contributed by atoms with Crippen LogP contribution in [0.15, 0.2) is 23.1 Å². The zero-order chi connectivity index (χ0) is 14.4. The van der Waals surface area contributed by atoms with Gasteiger partial charge in [-0.1, -0.05) is 13.8 Å². The number of anilines is 1. The first kappa shape index (κ1) is 13.9. The molecule has 0 aromatic heterocycles. The Labute approximate surface area is 121 Å². The zero-order valence-corrected chi connectivity index (χ0v) is 12.9. The van der Waals surface area contributed by atoms with Crippen molar-refractivity contribution < 1.29 is 8.42 Å². The van der Waals surface area contributed by atoms with Gasteiger partial charge in [0.2, 0.25) is 10.0 Å². The Balaban J connectivity index is 1.75. The van der Waals surface area contributed by atoms with E-state index in [4.69, 9.17) is 0 Å². The van der Waals surface area contributed by atoms with E-state index in [9.17, 15) is 8.42 Å². The van der Waals surface area contributed by atoms with Gasteiger partial charge in [0.1, 0.15) is 0 Å². The van der Waals surface area contributed by atoms with E-state index >= 15 is 0 Å². The molecule has 0 amide bonds. The summed E-state index contributed by atoms with van der Waals surface area (Å²) in [6, 6.07) is 5.35. The van der Waals surface area contributed by atoms with Gasteiger partial charge in [0.25, 0.3) is 0 Å². The Kier molecular flexibility index (Phi) is 3.29. The SMILES string of the molecule is CC(C)C1(CNS(=O)(=O)c2ccc3c(c2)CCN3)CC1. The van der Waals surface area contributed by atoms with Gasteiger partial charge < -0.3 is 5.32 Å². The molecule has 0 spiro atoms. The molecule has 1 aliphatic carbocycles. The maximum absolute atomic E-state index is 12.4. The number of sulfonamides is 1. The minimum absolute atomic E-state index is 0.186. The van der Waals surface area contributed by atoms with Crippen molar-refractivity contribution in [3.8, 4) is 0 Å². The molecule has 110 valence electrons. The molecule has 1 heterocycles. The summed E-state index contributed by atoms with van der Waals surface area (Å²) >= 11 is 0. The van der Waals surface area contributed by atoms with Gasteiger partial charge in [-0.05, 0) is 54.4 Å². The van der Waals surface area contributed by atoms with E-state index in [-0.39, 0.29) is 5.41 Å². The molecule has 1 saturated carbocycles. The van der Waals surface area contributed by atoms with Gasteiger partial charge >= 0.3 is 0 Å². The van der Waals surface area contributed by atoms with E-state index < -0.39 is 10.0 Å². The van der Waals surface area contributed by atoms with Gasteiger partial charge in [-0.15, -0.1) is 0 Å². The lowest BCUT2D eigenvalue weighted by Crippen LogP contribution is -2.32. The Morgan fingerprint density at radius 2 is 2.10 bits per heavy atom. The second kappa shape index (κ2) is 4.74. The minimum atomic E-state index is -3.39. The van der Waals surface area contributed by atoms with Crippen LogP contribution in [0, 0.1) is 11.3 Å². The monoisotopic (exact) mass is 294 g/mol. The van der Waals surface area contributed by atoms with Gasteiger partial charge in [-0.3, -0.25) is 0 Å². The van der Waals surface area contributed by atoms with Gasteiger partial charge in [-0.2, -0.15) is 0 Å². The summed E-state index contributed by atoms with van der Waals surface area (Å²) < 4.78 is 27.6. The largest absolute Gasteiger partial charge is 0.384 e. The Bertz CT molecular complexity index is 619. The smallest absolute Gasteiger partial charge is 0.240 e. The molecule has 20 heavy (non-hydrogen) atoms. The lowest BCUT2D eigenvalue weighted by Gasteiger charge is -2.20. The second-order valence-electron chi connectivity index (χ2n) is 6.34. The van der Waals surface area contributed by atoms with Crippen molar-refractivity contribution in [2.45, 2.75) is 38.0 Å². The molecule has 2 aliphatic rings. The first-order valence-electron chi connectivity index (χ1n) is 7.29. The fraction of sp³-hybridized carbons (Fsp3) is 0.600. The number of fused-ring (bicyclic) bond motifs is 1. The fourth-order valence-electron chi connectivity index (χ4n) is 2.89. The highest BCUT2D eigenvalue weighted by atomic mass is 32.2. The summed E-state index contributed by atoms with van der Waals surface area (Å²) in [4.78, 5) is 0.388. The third-order valence-electron chi connectivity index (χ3n) is 4.83. The van der Waals surface area contributed by atoms with Crippen LogP contribution < -0.4 is 10.0 Å². The molecule has 4 nitrogen and oxygen atoms in total. The maximum atomic E-state index is 12.4. The van der Waals surface area contributed by atoms with Crippen LogP contribution in [-0.2, 0) is 16.4 Å². The van der Waals surface area contributed by atoms with E-state index in [0.29, 0.717) is 17.4 Å². The van der Waals surface area contributed by atoms with Gasteiger partial charge in [0, 0.05) is 18.8 Å². The molecule has 1 aromatic carbocycles. The van der Waals surface area contributed by atoms with Crippen molar-refractivity contribution in [2.24, 2.45) is 11.3 Å². The highest BCUT2D eigenvalue weighted by Crippen LogP contribution is 2.51. The molecular weight excluding hydrogens is 272 g/mol. The summed E-state index contributed by atoms with van der Waals surface area (Å²) in [5.41, 5.74) is 2.34. The summed E-state index contributed by atoms with van der Waals surface area (Å²) in [7, 11) is -3.39. The minimum Gasteiger partial charge on any atom is -0.384 e. The molecule has 2 N–H and O–H groups in total. The number of benzene rings is 1. The first-order valence-corrected chi connectivity index (χ1v) is 8.78. The number of hydrogen-bond acceptors (Lipinski definition) is 3. The average molecular weight is 294 g/mol. The second-order valence-corrected chi connectivity index (χ2v) is 8.10. The highest BCUT2D eigenvalue weighted by Gasteiger charge is 2.45. The predicted octanol–water partition coefficient (Wildman–Crippen LogP) is 2.37. The van der Waals surface area contributed by atoms with Crippen molar-refractivity contribution in [1.29, 1.82) is 0 Å². The van der Waals surface area contributed by atoms with Gasteiger partial charge in [0.05, 0.1) is 4.90 Å². The molecule has 3 rings (SSSR count). The molecule has 1 aliphatic heterocycles. The molecule has 1 fully saturated rings. The van der Waals surface area contributed by atoms with Crippen LogP contribution >= 0.6 is 0 Å². The van der Waals surface area contributed by atoms with Crippen molar-refractivity contribution >= 4 is 15.7 Å². The molecule has 0 atom stereocenters. The molecule has 0 unspecified atom stereocenters. The van der Waals surface area contributed by atoms with Crippen LogP contribution in [0.2, 0.25) is 0 Å². The molecular formula is C15H22N2O2S. The normalized spacial score (nSPS) is 19.8. The molecule has 0 bridgehead atoms. The van der Waals surface area contributed by atoms with Gasteiger partial charge in [-0.25, -0.2) is 13.1 Å². The average Bonchev–Trinajstić information content (AvgIpc) is 3.07. The Hall–Kier alpha value is -1.07. The quantitative estimate of drug-likeness (QED) is 0.876. The van der Waals surface area contributed by atoms with E-state index in [1.165, 1.54) is 0 Å². The van der Waals surface area contributed by atoms with Crippen molar-refractivity contribution in [2.75, 3.05) is 18.4 Å². The van der Waals surface area contributed by atoms with Crippen LogP contribution in [0.5, 0.6) is 0 Å². The molecule has 0 saturated heterocycles. The molecule has 1 aromatic rings. The van der Waals surface area contributed by atoms with Crippen LogP contribution in [0.1, 0.15) is 32.3 Å². The lowest BCUT2D eigenvalue weighted by atomic mass is 9.93. The zero-order valence-electron chi connectivity index (χ0n) is 12.1. The standard InChI is InChI=1S/C15H22N2O2S/c1-11(2)15(6-7-15)10-17-20(18,19)13-3-4-14-12(9-13)5-8-16-14/h3-4,9,11,16-17H,5-8,10H2,1-2H3. The number of nitrogens with one attached hydrogen (secondary N) is 2. The van der Waals surface area contributed by atoms with Crippen LogP contribution in [0.25, 0.3) is 0 Å². The van der Waals surface area contributed by atoms with Crippen LogP contribution in [0.3, 0.4) is 0 Å². The maximum Gasteiger partial charge on any atom is 0.240 e. The third kappa shape index (κ3) is 2.44. The topological polar surface area (TPSA) is 58.2 Å². The summed E-state index contributed by atoms with van der Waals surface area (Å²) in [6.07, 6.45) is 3.15. The molecule has 0 radical (unpaired) electrons. The Morgan fingerprint density at radius 3 is 2.75 bits per heavy atom. The van der Waals surface area contributed by atoms with Crippen molar-refractivity contribution in [3.63, 3.8) is 0 Å². The summed E-state index contributed by atoms with van der Waals surface area (Å²) in [5.74, 6) is 0.523. The third-order valence-corrected chi connectivity index (χ3v) is 6.23. The lowest BCUT2D eigenvalue weighted by molar-refractivity contribution is 0.357. The predicted molar refractivity (Wildman–Crippen MR) is 80.3 cm³/mol. The number of hydrogen-bond donors (Lipinski definition) is 2. The van der Waals surface area contributed by atoms with Crippen molar-refractivity contribution in [1.82, 2.24) is 4.72 Å².